The van der Waals surface area contributed by atoms with Crippen LogP contribution in [0.5, 0.6) is 0 Å². The molecule has 0 heterocycles. The van der Waals surface area contributed by atoms with Crippen LogP contribution in [0.3, 0.4) is 0 Å². The second-order valence-electron chi connectivity index (χ2n) is 3.97. The maximum Gasteiger partial charge on any atom is 0.303 e. The smallest absolute Gasteiger partial charge is 0.195 e. The Bertz CT molecular complexity index is 398. The van der Waals surface area contributed by atoms with Crippen LogP contribution in [0.1, 0.15) is 25.3 Å². The second-order valence-corrected chi connectivity index (χ2v) is 5.38. The third kappa shape index (κ3) is 4.00. The normalized spacial score (nSPS) is 14.1. The van der Waals surface area contributed by atoms with Crippen molar-refractivity contribution in [3.63, 3.8) is 0 Å². The molecule has 1 aromatic carbocycles. The van der Waals surface area contributed by atoms with Gasteiger partial charge in [-0.15, -0.1) is 3.89 Å². The van der Waals surface area contributed by atoms with E-state index in [2.05, 4.69) is 0 Å². The Morgan fingerprint density at radius 2 is 1.73 bits per heavy atom. The molecule has 0 spiro atoms. The maximum atomic E-state index is 12.7. The molecule has 0 aliphatic rings. The van der Waals surface area contributed by atoms with Gasteiger partial charge >= 0.3 is 10.2 Å². The van der Waals surface area contributed by atoms with Gasteiger partial charge in [-0.25, -0.2) is 0 Å². The minimum atomic E-state index is -4.42. The largest absolute Gasteiger partial charge is 0.303 e. The quantitative estimate of drug-likeness (QED) is 0.745. The molecule has 0 aromatic heterocycles. The number of halogens is 1. The fourth-order valence-corrected chi connectivity index (χ4v) is 2.59. The monoisotopic (exact) mass is 230 g/mol. The van der Waals surface area contributed by atoms with Gasteiger partial charge in [0.15, 0.2) is 0 Å². The van der Waals surface area contributed by atoms with Crippen LogP contribution in [-0.2, 0) is 10.2 Å². The van der Waals surface area contributed by atoms with Crippen molar-refractivity contribution in [1.29, 1.82) is 0 Å². The molecular weight excluding hydrogens is 215 g/mol. The average Bonchev–Trinajstić information content (AvgIpc) is 2.14. The zero-order chi connectivity index (χ0) is 11.5. The van der Waals surface area contributed by atoms with Gasteiger partial charge in [0.25, 0.3) is 0 Å². The van der Waals surface area contributed by atoms with E-state index in [9.17, 15) is 12.3 Å². The highest BCUT2D eigenvalue weighted by atomic mass is 32.3. The van der Waals surface area contributed by atoms with E-state index in [4.69, 9.17) is 0 Å². The molecule has 1 atom stereocenters. The molecule has 84 valence electrons. The Balaban J connectivity index is 2.95. The lowest BCUT2D eigenvalue weighted by molar-refractivity contribution is 0.501. The highest BCUT2D eigenvalue weighted by molar-refractivity contribution is 7.86. The van der Waals surface area contributed by atoms with Gasteiger partial charge < -0.3 is 0 Å². The van der Waals surface area contributed by atoms with Crippen molar-refractivity contribution < 1.29 is 12.3 Å². The molecule has 1 rings (SSSR count). The summed E-state index contributed by atoms with van der Waals surface area (Å²) < 4.78 is 34.0. The summed E-state index contributed by atoms with van der Waals surface area (Å²) in [6, 6.07) is 9.17. The van der Waals surface area contributed by atoms with E-state index in [-0.39, 0.29) is 11.8 Å². The Morgan fingerprint density at radius 1 is 1.20 bits per heavy atom. The van der Waals surface area contributed by atoms with Crippen LogP contribution in [0.4, 0.5) is 3.89 Å². The molecule has 2 nitrogen and oxygen atoms in total. The van der Waals surface area contributed by atoms with Gasteiger partial charge in [0.1, 0.15) is 0 Å². The molecule has 15 heavy (non-hydrogen) atoms. The van der Waals surface area contributed by atoms with E-state index >= 15 is 0 Å². The first-order valence-corrected chi connectivity index (χ1v) is 6.42. The van der Waals surface area contributed by atoms with E-state index in [1.54, 1.807) is 0 Å². The number of hydrogen-bond acceptors (Lipinski definition) is 2. The number of hydrogen-bond donors (Lipinski definition) is 0. The summed E-state index contributed by atoms with van der Waals surface area (Å²) in [6.45, 7) is 3.78. The van der Waals surface area contributed by atoms with Gasteiger partial charge in [0.2, 0.25) is 0 Å². The number of benzene rings is 1. The molecule has 0 radical (unpaired) electrons. The lowest BCUT2D eigenvalue weighted by atomic mass is 9.90. The SMILES string of the molecule is CC(C)C(CS(=O)(=O)F)c1ccccc1. The number of rotatable bonds is 4. The first-order valence-electron chi connectivity index (χ1n) is 4.87. The van der Waals surface area contributed by atoms with Crippen LogP contribution in [0.25, 0.3) is 0 Å². The van der Waals surface area contributed by atoms with Crippen molar-refractivity contribution in [1.82, 2.24) is 0 Å². The molecule has 0 saturated carbocycles. The minimum Gasteiger partial charge on any atom is -0.195 e. The Kier molecular flexibility index (Phi) is 3.85. The van der Waals surface area contributed by atoms with E-state index in [0.717, 1.165) is 5.56 Å². The standard InChI is InChI=1S/C11H15FO2S/c1-9(2)11(8-15(12,13)14)10-6-4-3-5-7-10/h3-7,9,11H,8H2,1-2H3. The molecule has 0 aliphatic heterocycles. The molecule has 4 heteroatoms. The molecular formula is C11H15FO2S. The lowest BCUT2D eigenvalue weighted by Gasteiger charge is -2.19. The second kappa shape index (κ2) is 4.75. The molecule has 1 unspecified atom stereocenters. The van der Waals surface area contributed by atoms with Crippen LogP contribution in [0.15, 0.2) is 30.3 Å². The minimum absolute atomic E-state index is 0.0953. The first kappa shape index (κ1) is 12.2. The van der Waals surface area contributed by atoms with Crippen LogP contribution in [0, 0.1) is 5.92 Å². The van der Waals surface area contributed by atoms with Crippen molar-refractivity contribution in [2.24, 2.45) is 5.92 Å². The highest BCUT2D eigenvalue weighted by Crippen LogP contribution is 2.26. The summed E-state index contributed by atoms with van der Waals surface area (Å²) in [6.07, 6.45) is 0. The average molecular weight is 230 g/mol. The summed E-state index contributed by atoms with van der Waals surface area (Å²) in [5.41, 5.74) is 0.869. The van der Waals surface area contributed by atoms with E-state index < -0.39 is 16.0 Å². The van der Waals surface area contributed by atoms with Crippen LogP contribution in [0.2, 0.25) is 0 Å². The molecule has 0 saturated heterocycles. The summed E-state index contributed by atoms with van der Waals surface area (Å²) in [5.74, 6) is -0.617. The zero-order valence-electron chi connectivity index (χ0n) is 8.85. The summed E-state index contributed by atoms with van der Waals surface area (Å²) in [4.78, 5) is 0. The molecule has 0 fully saturated rings. The van der Waals surface area contributed by atoms with E-state index in [1.165, 1.54) is 0 Å². The summed E-state index contributed by atoms with van der Waals surface area (Å²) in [5, 5.41) is 0. The van der Waals surface area contributed by atoms with E-state index in [1.807, 2.05) is 44.2 Å². The van der Waals surface area contributed by atoms with Crippen molar-refractivity contribution in [2.45, 2.75) is 19.8 Å². The Hall–Kier alpha value is -0.900. The highest BCUT2D eigenvalue weighted by Gasteiger charge is 2.22. The van der Waals surface area contributed by atoms with Crippen molar-refractivity contribution in [2.75, 3.05) is 5.75 Å². The molecule has 1 aromatic rings. The fraction of sp³-hybridized carbons (Fsp3) is 0.455. The van der Waals surface area contributed by atoms with Crippen LogP contribution < -0.4 is 0 Å². The van der Waals surface area contributed by atoms with Gasteiger partial charge in [0.05, 0.1) is 5.75 Å². The zero-order valence-corrected chi connectivity index (χ0v) is 9.67. The van der Waals surface area contributed by atoms with Crippen LogP contribution >= 0.6 is 0 Å². The maximum absolute atomic E-state index is 12.7. The van der Waals surface area contributed by atoms with Gasteiger partial charge in [0, 0.05) is 5.92 Å². The van der Waals surface area contributed by atoms with Gasteiger partial charge in [-0.2, -0.15) is 8.42 Å². The van der Waals surface area contributed by atoms with Crippen molar-refractivity contribution >= 4 is 10.2 Å². The van der Waals surface area contributed by atoms with Crippen molar-refractivity contribution in [3.8, 4) is 0 Å². The van der Waals surface area contributed by atoms with Gasteiger partial charge in [-0.3, -0.25) is 0 Å². The molecule has 0 aliphatic carbocycles. The third-order valence-electron chi connectivity index (χ3n) is 2.41. The predicted octanol–water partition coefficient (Wildman–Crippen LogP) is 2.73. The third-order valence-corrected chi connectivity index (χ3v) is 3.17. The summed E-state index contributed by atoms with van der Waals surface area (Å²) >= 11 is 0. The molecule has 0 N–H and O–H groups in total. The topological polar surface area (TPSA) is 34.1 Å². The summed E-state index contributed by atoms with van der Waals surface area (Å²) in [7, 11) is -4.42. The molecule has 0 bridgehead atoms. The van der Waals surface area contributed by atoms with Crippen LogP contribution in [-0.4, -0.2) is 14.2 Å². The van der Waals surface area contributed by atoms with Gasteiger partial charge in [-0.05, 0) is 11.5 Å². The first-order chi connectivity index (χ1) is 6.90. The van der Waals surface area contributed by atoms with Crippen molar-refractivity contribution in [3.05, 3.63) is 35.9 Å². The Morgan fingerprint density at radius 3 is 2.13 bits per heavy atom. The Labute approximate surface area is 90.3 Å². The lowest BCUT2D eigenvalue weighted by Crippen LogP contribution is -2.16. The fourth-order valence-electron chi connectivity index (χ4n) is 1.59. The van der Waals surface area contributed by atoms with Gasteiger partial charge in [-0.1, -0.05) is 44.2 Å². The molecule has 0 amide bonds. The van der Waals surface area contributed by atoms with E-state index in [0.29, 0.717) is 0 Å². The predicted molar refractivity (Wildman–Crippen MR) is 58.9 cm³/mol.